The zero-order valence-electron chi connectivity index (χ0n) is 12.3. The summed E-state index contributed by atoms with van der Waals surface area (Å²) in [5.74, 6) is 0.428. The molecular formula is C15H23N3O3. The molecule has 1 aromatic carbocycles. The zero-order valence-corrected chi connectivity index (χ0v) is 12.3. The summed E-state index contributed by atoms with van der Waals surface area (Å²) in [6.07, 6.45) is 2.23. The average molecular weight is 293 g/mol. The monoisotopic (exact) mass is 293 g/mol. The van der Waals surface area contributed by atoms with Crippen LogP contribution in [0, 0.1) is 5.92 Å². The lowest BCUT2D eigenvalue weighted by Gasteiger charge is -2.10. The van der Waals surface area contributed by atoms with Crippen LogP contribution in [0.15, 0.2) is 24.3 Å². The van der Waals surface area contributed by atoms with E-state index in [1.165, 1.54) is 0 Å². The van der Waals surface area contributed by atoms with E-state index in [1.54, 1.807) is 24.3 Å². The summed E-state index contributed by atoms with van der Waals surface area (Å²) < 4.78 is 5.13. The van der Waals surface area contributed by atoms with Gasteiger partial charge >= 0.3 is 0 Å². The summed E-state index contributed by atoms with van der Waals surface area (Å²) in [5.41, 5.74) is 11.2. The molecule has 0 heterocycles. The lowest BCUT2D eigenvalue weighted by Crippen LogP contribution is -2.20. The van der Waals surface area contributed by atoms with E-state index in [9.17, 15) is 9.59 Å². The molecule has 0 radical (unpaired) electrons. The van der Waals surface area contributed by atoms with Gasteiger partial charge in [0.1, 0.15) is 5.75 Å². The predicted octanol–water partition coefficient (Wildman–Crippen LogP) is 1.25. The second-order valence-corrected chi connectivity index (χ2v) is 5.05. The number of carbonyl (C=O) groups is 2. The molecule has 0 aromatic heterocycles. The minimum Gasteiger partial charge on any atom is -0.484 e. The molecule has 0 bridgehead atoms. The molecule has 0 aliphatic carbocycles. The summed E-state index contributed by atoms with van der Waals surface area (Å²) in [5, 5.41) is 2.81. The molecule has 1 atom stereocenters. The Bertz CT molecular complexity index is 460. The maximum atomic E-state index is 11.8. The maximum Gasteiger partial charge on any atom is 0.255 e. The fourth-order valence-electron chi connectivity index (χ4n) is 1.82. The number of carbonyl (C=O) groups excluding carboxylic acids is 2. The van der Waals surface area contributed by atoms with Gasteiger partial charge in [0.25, 0.3) is 5.91 Å². The maximum absolute atomic E-state index is 11.8. The highest BCUT2D eigenvalue weighted by molar-refractivity contribution is 5.90. The SMILES string of the molecule is CC(CCN)CCC(=O)Nc1ccc(OCC(N)=O)cc1. The van der Waals surface area contributed by atoms with Crippen molar-refractivity contribution in [2.75, 3.05) is 18.5 Å². The van der Waals surface area contributed by atoms with Crippen molar-refractivity contribution in [2.24, 2.45) is 17.4 Å². The molecule has 0 saturated heterocycles. The molecule has 1 unspecified atom stereocenters. The number of ether oxygens (including phenoxy) is 1. The second-order valence-electron chi connectivity index (χ2n) is 5.05. The van der Waals surface area contributed by atoms with Gasteiger partial charge in [-0.05, 0) is 49.6 Å². The normalized spacial score (nSPS) is 11.7. The quantitative estimate of drug-likeness (QED) is 0.637. The van der Waals surface area contributed by atoms with Crippen LogP contribution in [-0.2, 0) is 9.59 Å². The standard InChI is InChI=1S/C15H23N3O3/c1-11(8-9-16)2-7-15(20)18-12-3-5-13(6-4-12)21-10-14(17)19/h3-6,11H,2,7-10,16H2,1H3,(H2,17,19)(H,18,20). The van der Waals surface area contributed by atoms with Gasteiger partial charge in [-0.2, -0.15) is 0 Å². The van der Waals surface area contributed by atoms with Crippen LogP contribution in [0.2, 0.25) is 0 Å². The van der Waals surface area contributed by atoms with Crippen molar-refractivity contribution in [3.05, 3.63) is 24.3 Å². The molecule has 116 valence electrons. The number of hydrogen-bond acceptors (Lipinski definition) is 4. The molecule has 0 aliphatic heterocycles. The van der Waals surface area contributed by atoms with Crippen LogP contribution in [0.3, 0.4) is 0 Å². The molecule has 21 heavy (non-hydrogen) atoms. The van der Waals surface area contributed by atoms with Gasteiger partial charge < -0.3 is 21.5 Å². The van der Waals surface area contributed by atoms with Gasteiger partial charge in [0.05, 0.1) is 0 Å². The Labute approximate surface area is 124 Å². The van der Waals surface area contributed by atoms with E-state index in [1.807, 2.05) is 0 Å². The predicted molar refractivity (Wildman–Crippen MR) is 81.8 cm³/mol. The molecule has 2 amide bonds. The Hall–Kier alpha value is -2.08. The van der Waals surface area contributed by atoms with Crippen LogP contribution in [-0.4, -0.2) is 25.0 Å². The van der Waals surface area contributed by atoms with Crippen LogP contribution in [0.5, 0.6) is 5.75 Å². The van der Waals surface area contributed by atoms with E-state index in [0.29, 0.717) is 30.3 Å². The lowest BCUT2D eigenvalue weighted by atomic mass is 10.0. The molecule has 0 saturated carbocycles. The third kappa shape index (κ3) is 7.31. The Kier molecular flexibility index (Phi) is 7.25. The number of nitrogens with two attached hydrogens (primary N) is 2. The molecular weight excluding hydrogens is 270 g/mol. The summed E-state index contributed by atoms with van der Waals surface area (Å²) in [6, 6.07) is 6.79. The molecule has 5 N–H and O–H groups in total. The largest absolute Gasteiger partial charge is 0.484 e. The molecule has 1 rings (SSSR count). The van der Waals surface area contributed by atoms with E-state index < -0.39 is 5.91 Å². The summed E-state index contributed by atoms with van der Waals surface area (Å²) >= 11 is 0. The first-order chi connectivity index (χ1) is 10.0. The van der Waals surface area contributed by atoms with E-state index in [4.69, 9.17) is 16.2 Å². The Morgan fingerprint density at radius 2 is 1.90 bits per heavy atom. The topological polar surface area (TPSA) is 107 Å². The smallest absolute Gasteiger partial charge is 0.255 e. The minimum atomic E-state index is -0.529. The van der Waals surface area contributed by atoms with Crippen LogP contribution in [0.4, 0.5) is 5.69 Å². The van der Waals surface area contributed by atoms with Crippen molar-refractivity contribution in [3.8, 4) is 5.75 Å². The van der Waals surface area contributed by atoms with E-state index >= 15 is 0 Å². The Morgan fingerprint density at radius 3 is 2.48 bits per heavy atom. The molecule has 0 aliphatic rings. The van der Waals surface area contributed by atoms with Crippen molar-refractivity contribution in [1.29, 1.82) is 0 Å². The second kappa shape index (κ2) is 8.97. The molecule has 6 nitrogen and oxygen atoms in total. The molecule has 6 heteroatoms. The number of anilines is 1. The van der Waals surface area contributed by atoms with Gasteiger partial charge in [0.2, 0.25) is 5.91 Å². The molecule has 1 aromatic rings. The fourth-order valence-corrected chi connectivity index (χ4v) is 1.82. The van der Waals surface area contributed by atoms with Gasteiger partial charge in [0, 0.05) is 12.1 Å². The minimum absolute atomic E-state index is 0.0234. The first kappa shape index (κ1) is 17.0. The number of benzene rings is 1. The third-order valence-corrected chi connectivity index (χ3v) is 3.04. The van der Waals surface area contributed by atoms with Crippen molar-refractivity contribution < 1.29 is 14.3 Å². The van der Waals surface area contributed by atoms with Crippen molar-refractivity contribution in [3.63, 3.8) is 0 Å². The molecule has 0 spiro atoms. The van der Waals surface area contributed by atoms with Crippen LogP contribution < -0.4 is 21.5 Å². The fraction of sp³-hybridized carbons (Fsp3) is 0.467. The van der Waals surface area contributed by atoms with Gasteiger partial charge in [-0.25, -0.2) is 0 Å². The van der Waals surface area contributed by atoms with Gasteiger partial charge in [0.15, 0.2) is 6.61 Å². The first-order valence-electron chi connectivity index (χ1n) is 7.02. The van der Waals surface area contributed by atoms with Gasteiger partial charge in [-0.15, -0.1) is 0 Å². The summed E-state index contributed by atoms with van der Waals surface area (Å²) in [4.78, 5) is 22.4. The highest BCUT2D eigenvalue weighted by Crippen LogP contribution is 2.16. The van der Waals surface area contributed by atoms with Crippen LogP contribution in [0.25, 0.3) is 0 Å². The van der Waals surface area contributed by atoms with E-state index in [0.717, 1.165) is 12.8 Å². The Morgan fingerprint density at radius 1 is 1.24 bits per heavy atom. The third-order valence-electron chi connectivity index (χ3n) is 3.04. The van der Waals surface area contributed by atoms with Crippen LogP contribution in [0.1, 0.15) is 26.2 Å². The summed E-state index contributed by atoms with van der Waals surface area (Å²) in [6.45, 7) is 2.57. The zero-order chi connectivity index (χ0) is 15.7. The van der Waals surface area contributed by atoms with Crippen LogP contribution >= 0.6 is 0 Å². The van der Waals surface area contributed by atoms with Gasteiger partial charge in [-0.1, -0.05) is 6.92 Å². The highest BCUT2D eigenvalue weighted by atomic mass is 16.5. The summed E-state index contributed by atoms with van der Waals surface area (Å²) in [7, 11) is 0. The van der Waals surface area contributed by atoms with Gasteiger partial charge in [-0.3, -0.25) is 9.59 Å². The van der Waals surface area contributed by atoms with Crippen molar-refractivity contribution >= 4 is 17.5 Å². The highest BCUT2D eigenvalue weighted by Gasteiger charge is 2.07. The lowest BCUT2D eigenvalue weighted by molar-refractivity contribution is -0.120. The molecule has 0 fully saturated rings. The number of nitrogens with one attached hydrogen (secondary N) is 1. The number of amides is 2. The first-order valence-corrected chi connectivity index (χ1v) is 7.02. The van der Waals surface area contributed by atoms with E-state index in [2.05, 4.69) is 12.2 Å². The van der Waals surface area contributed by atoms with E-state index in [-0.39, 0.29) is 12.5 Å². The Balaban J connectivity index is 2.37. The number of hydrogen-bond donors (Lipinski definition) is 3. The van der Waals surface area contributed by atoms with Crippen molar-refractivity contribution in [2.45, 2.75) is 26.2 Å². The average Bonchev–Trinajstić information content (AvgIpc) is 2.45. The number of rotatable bonds is 9. The number of primary amides is 1. The van der Waals surface area contributed by atoms with Crippen molar-refractivity contribution in [1.82, 2.24) is 0 Å².